The summed E-state index contributed by atoms with van der Waals surface area (Å²) in [4.78, 5) is 26.6. The quantitative estimate of drug-likeness (QED) is 0.567. The van der Waals surface area contributed by atoms with Crippen molar-refractivity contribution in [1.29, 1.82) is 0 Å². The molecule has 0 radical (unpaired) electrons. The molecule has 0 aliphatic carbocycles. The second-order valence-electron chi connectivity index (χ2n) is 7.30. The number of nitrogens with one attached hydrogen (secondary N) is 1. The first-order valence-electron chi connectivity index (χ1n) is 10.2. The van der Waals surface area contributed by atoms with Gasteiger partial charge in [0.15, 0.2) is 0 Å². The molecule has 1 N–H and O–H groups in total. The van der Waals surface area contributed by atoms with Crippen LogP contribution in [0.3, 0.4) is 0 Å². The molecule has 3 rings (SSSR count). The van der Waals surface area contributed by atoms with Crippen LogP contribution < -0.4 is 15.0 Å². The Morgan fingerprint density at radius 2 is 1.83 bits per heavy atom. The highest BCUT2D eigenvalue weighted by atomic mass is 35.5. The lowest BCUT2D eigenvalue weighted by molar-refractivity contribution is -0.122. The fourth-order valence-electron chi connectivity index (χ4n) is 3.35. The molecule has 2 aromatic carbocycles. The summed E-state index contributed by atoms with van der Waals surface area (Å²) in [5.41, 5.74) is 1.46. The van der Waals surface area contributed by atoms with Crippen molar-refractivity contribution in [2.45, 2.75) is 39.0 Å². The van der Waals surface area contributed by atoms with E-state index in [1.54, 1.807) is 29.2 Å². The highest BCUT2D eigenvalue weighted by Crippen LogP contribution is 2.27. The van der Waals surface area contributed by atoms with Gasteiger partial charge < -0.3 is 15.0 Å². The van der Waals surface area contributed by atoms with E-state index in [2.05, 4.69) is 12.2 Å². The Morgan fingerprint density at radius 3 is 2.52 bits per heavy atom. The van der Waals surface area contributed by atoms with Crippen molar-refractivity contribution in [3.05, 3.63) is 53.6 Å². The zero-order chi connectivity index (χ0) is 20.6. The van der Waals surface area contributed by atoms with Crippen LogP contribution in [0.4, 0.5) is 11.4 Å². The van der Waals surface area contributed by atoms with Crippen molar-refractivity contribution in [3.63, 3.8) is 0 Å². The third kappa shape index (κ3) is 5.97. The summed E-state index contributed by atoms with van der Waals surface area (Å²) in [6.45, 7) is 3.26. The van der Waals surface area contributed by atoms with E-state index in [1.807, 2.05) is 24.3 Å². The smallest absolute Gasteiger partial charge is 0.229 e. The molecule has 1 fully saturated rings. The van der Waals surface area contributed by atoms with Gasteiger partial charge in [-0.05, 0) is 55.0 Å². The van der Waals surface area contributed by atoms with Gasteiger partial charge in [-0.3, -0.25) is 9.59 Å². The molecular formula is C23H27ClN2O3. The molecule has 2 amide bonds. The molecule has 1 aliphatic heterocycles. The van der Waals surface area contributed by atoms with Crippen molar-refractivity contribution in [2.75, 3.05) is 23.4 Å². The number of halogens is 1. The van der Waals surface area contributed by atoms with Gasteiger partial charge in [-0.15, -0.1) is 0 Å². The molecule has 0 saturated carbocycles. The van der Waals surface area contributed by atoms with E-state index in [0.29, 0.717) is 23.9 Å². The lowest BCUT2D eigenvalue weighted by Crippen LogP contribution is -2.28. The van der Waals surface area contributed by atoms with E-state index in [1.165, 1.54) is 19.3 Å². The molecule has 0 bridgehead atoms. The highest BCUT2D eigenvalue weighted by molar-refractivity contribution is 6.30. The van der Waals surface area contributed by atoms with Gasteiger partial charge in [0.25, 0.3) is 0 Å². The minimum Gasteiger partial charge on any atom is -0.494 e. The number of rotatable bonds is 9. The van der Waals surface area contributed by atoms with Crippen molar-refractivity contribution < 1.29 is 14.3 Å². The van der Waals surface area contributed by atoms with Gasteiger partial charge in [0, 0.05) is 29.4 Å². The largest absolute Gasteiger partial charge is 0.494 e. The summed E-state index contributed by atoms with van der Waals surface area (Å²) in [6, 6.07) is 14.4. The summed E-state index contributed by atoms with van der Waals surface area (Å²) in [6.07, 6.45) is 4.86. The fraction of sp³-hybridized carbons (Fsp3) is 0.391. The Morgan fingerprint density at radius 1 is 1.10 bits per heavy atom. The van der Waals surface area contributed by atoms with E-state index >= 15 is 0 Å². The van der Waals surface area contributed by atoms with Crippen molar-refractivity contribution in [2.24, 2.45) is 5.92 Å². The average Bonchev–Trinajstić information content (AvgIpc) is 3.11. The van der Waals surface area contributed by atoms with Crippen LogP contribution in [-0.2, 0) is 9.59 Å². The van der Waals surface area contributed by atoms with E-state index in [4.69, 9.17) is 16.3 Å². The number of benzene rings is 2. The van der Waals surface area contributed by atoms with Crippen LogP contribution in [0.2, 0.25) is 5.02 Å². The predicted molar refractivity (Wildman–Crippen MR) is 117 cm³/mol. The van der Waals surface area contributed by atoms with Crippen LogP contribution in [0.5, 0.6) is 5.75 Å². The first-order chi connectivity index (χ1) is 14.1. The van der Waals surface area contributed by atoms with Crippen molar-refractivity contribution in [3.8, 4) is 5.75 Å². The van der Waals surface area contributed by atoms with Crippen molar-refractivity contribution >= 4 is 34.8 Å². The average molecular weight is 415 g/mol. The van der Waals surface area contributed by atoms with Gasteiger partial charge in [-0.25, -0.2) is 0 Å². The Hall–Kier alpha value is -2.53. The standard InChI is InChI=1S/C23H27ClN2O3/c1-2-3-4-5-14-29-21-12-8-19(9-13-21)25-23(28)17-15-22(27)26(16-17)20-10-6-18(24)7-11-20/h6-13,17H,2-5,14-16H2,1H3,(H,25,28). The summed E-state index contributed by atoms with van der Waals surface area (Å²) >= 11 is 5.91. The maximum absolute atomic E-state index is 12.6. The number of ether oxygens (including phenoxy) is 1. The zero-order valence-corrected chi connectivity index (χ0v) is 17.5. The molecule has 5 nitrogen and oxygen atoms in total. The number of nitrogens with zero attached hydrogens (tertiary/aromatic N) is 1. The normalized spacial score (nSPS) is 16.1. The van der Waals surface area contributed by atoms with Gasteiger partial charge in [-0.2, -0.15) is 0 Å². The van der Waals surface area contributed by atoms with Crippen LogP contribution in [0, 0.1) is 5.92 Å². The number of carbonyl (C=O) groups excluding carboxylic acids is 2. The van der Waals surface area contributed by atoms with E-state index in [0.717, 1.165) is 17.9 Å². The fourth-order valence-corrected chi connectivity index (χ4v) is 3.48. The molecule has 154 valence electrons. The lowest BCUT2D eigenvalue weighted by atomic mass is 10.1. The van der Waals surface area contributed by atoms with Gasteiger partial charge in [0.2, 0.25) is 11.8 Å². The van der Waals surface area contributed by atoms with E-state index in [-0.39, 0.29) is 24.2 Å². The van der Waals surface area contributed by atoms with Crippen LogP contribution in [0.1, 0.15) is 39.0 Å². The third-order valence-electron chi connectivity index (χ3n) is 5.02. The molecule has 29 heavy (non-hydrogen) atoms. The number of amides is 2. The van der Waals surface area contributed by atoms with Crippen LogP contribution >= 0.6 is 11.6 Å². The second-order valence-corrected chi connectivity index (χ2v) is 7.74. The lowest BCUT2D eigenvalue weighted by Gasteiger charge is -2.17. The maximum Gasteiger partial charge on any atom is 0.229 e. The number of hydrogen-bond acceptors (Lipinski definition) is 3. The van der Waals surface area contributed by atoms with Crippen LogP contribution in [0.15, 0.2) is 48.5 Å². The molecule has 0 spiro atoms. The van der Waals surface area contributed by atoms with Crippen molar-refractivity contribution in [1.82, 2.24) is 0 Å². The minimum absolute atomic E-state index is 0.0562. The third-order valence-corrected chi connectivity index (χ3v) is 5.27. The Kier molecular flexibility index (Phi) is 7.53. The summed E-state index contributed by atoms with van der Waals surface area (Å²) < 4.78 is 5.72. The van der Waals surface area contributed by atoms with Crippen LogP contribution in [-0.4, -0.2) is 25.0 Å². The molecule has 1 heterocycles. The molecular weight excluding hydrogens is 388 g/mol. The summed E-state index contributed by atoms with van der Waals surface area (Å²) in [5, 5.41) is 3.52. The van der Waals surface area contributed by atoms with Gasteiger partial charge in [0.1, 0.15) is 5.75 Å². The van der Waals surface area contributed by atoms with E-state index in [9.17, 15) is 9.59 Å². The molecule has 0 aromatic heterocycles. The SMILES string of the molecule is CCCCCCOc1ccc(NC(=O)C2CC(=O)N(c3ccc(Cl)cc3)C2)cc1. The monoisotopic (exact) mass is 414 g/mol. The topological polar surface area (TPSA) is 58.6 Å². The first-order valence-corrected chi connectivity index (χ1v) is 10.5. The molecule has 1 aliphatic rings. The minimum atomic E-state index is -0.382. The summed E-state index contributed by atoms with van der Waals surface area (Å²) in [5.74, 6) is 0.208. The zero-order valence-electron chi connectivity index (χ0n) is 16.7. The van der Waals surface area contributed by atoms with Gasteiger partial charge in [-0.1, -0.05) is 37.8 Å². The maximum atomic E-state index is 12.6. The molecule has 6 heteroatoms. The number of hydrogen-bond donors (Lipinski definition) is 1. The molecule has 1 atom stereocenters. The first kappa shape index (κ1) is 21.2. The van der Waals surface area contributed by atoms with E-state index < -0.39 is 0 Å². The predicted octanol–water partition coefficient (Wildman–Crippen LogP) is 5.29. The Labute approximate surface area is 177 Å². The Bertz CT molecular complexity index is 821. The second kappa shape index (κ2) is 10.3. The highest BCUT2D eigenvalue weighted by Gasteiger charge is 2.35. The van der Waals surface area contributed by atoms with Gasteiger partial charge in [0.05, 0.1) is 12.5 Å². The molecule has 1 unspecified atom stereocenters. The van der Waals surface area contributed by atoms with Crippen LogP contribution in [0.25, 0.3) is 0 Å². The molecule has 1 saturated heterocycles. The number of unbranched alkanes of at least 4 members (excludes halogenated alkanes) is 3. The molecule has 2 aromatic rings. The summed E-state index contributed by atoms with van der Waals surface area (Å²) in [7, 11) is 0. The Balaban J connectivity index is 1.50. The number of carbonyl (C=O) groups is 2. The number of anilines is 2. The van der Waals surface area contributed by atoms with Gasteiger partial charge >= 0.3 is 0 Å².